The van der Waals surface area contributed by atoms with Gasteiger partial charge >= 0.3 is 6.03 Å². The van der Waals surface area contributed by atoms with Crippen molar-refractivity contribution in [2.24, 2.45) is 5.92 Å². The first-order valence-electron chi connectivity index (χ1n) is 10.5. The molecule has 3 aromatic rings. The number of hydrogen-bond donors (Lipinski definition) is 2. The number of fused-ring (bicyclic) bond motifs is 1. The van der Waals surface area contributed by atoms with Crippen molar-refractivity contribution in [3.63, 3.8) is 0 Å². The number of aromatic nitrogens is 1. The van der Waals surface area contributed by atoms with E-state index in [0.717, 1.165) is 12.8 Å². The molecule has 0 aliphatic heterocycles. The molecule has 2 amide bonds. The minimum atomic E-state index is -0.626. The first-order chi connectivity index (χ1) is 16.1. The first kappa shape index (κ1) is 22.3. The van der Waals surface area contributed by atoms with E-state index in [4.69, 9.17) is 14.2 Å². The average molecular weight is 450 g/mol. The van der Waals surface area contributed by atoms with Gasteiger partial charge in [-0.1, -0.05) is 0 Å². The predicted octanol–water partition coefficient (Wildman–Crippen LogP) is 4.59. The van der Waals surface area contributed by atoms with Gasteiger partial charge in [-0.15, -0.1) is 0 Å². The molecule has 1 saturated carbocycles. The molecular weight excluding hydrogens is 427 g/mol. The van der Waals surface area contributed by atoms with Gasteiger partial charge in [0.2, 0.25) is 0 Å². The van der Waals surface area contributed by atoms with E-state index in [1.807, 2.05) is 0 Å². The number of amides is 2. The molecule has 0 unspecified atom stereocenters. The molecule has 0 bridgehead atoms. The lowest BCUT2D eigenvalue weighted by molar-refractivity contribution is 0.146. The summed E-state index contributed by atoms with van der Waals surface area (Å²) < 4.78 is 31.0. The zero-order chi connectivity index (χ0) is 23.2. The Bertz CT molecular complexity index is 1210. The quantitative estimate of drug-likeness (QED) is 0.462. The van der Waals surface area contributed by atoms with Crippen molar-refractivity contribution in [1.29, 1.82) is 5.26 Å². The monoisotopic (exact) mass is 450 g/mol. The summed E-state index contributed by atoms with van der Waals surface area (Å²) in [6.45, 7) is 1.27. The van der Waals surface area contributed by atoms with Crippen molar-refractivity contribution in [2.75, 3.05) is 32.2 Å². The van der Waals surface area contributed by atoms with Crippen molar-refractivity contribution in [2.45, 2.75) is 12.8 Å². The van der Waals surface area contributed by atoms with Crippen LogP contribution < -0.4 is 20.1 Å². The van der Waals surface area contributed by atoms with Crippen LogP contribution in [0.4, 0.5) is 14.9 Å². The number of hydrogen-bond acceptors (Lipinski definition) is 6. The number of nitriles is 1. The van der Waals surface area contributed by atoms with Gasteiger partial charge in [0, 0.05) is 37.4 Å². The van der Waals surface area contributed by atoms with Gasteiger partial charge in [0.25, 0.3) is 0 Å². The number of urea groups is 1. The highest BCUT2D eigenvalue weighted by molar-refractivity contribution is 5.90. The van der Waals surface area contributed by atoms with Crippen LogP contribution in [-0.4, -0.2) is 37.9 Å². The molecule has 2 N–H and O–H groups in total. The SMILES string of the molecule is COCCOc1cc2nccc(Oc3ccc(NC(=O)NCC4CC4)c(F)c3)c2cc1C#N. The number of rotatable bonds is 9. The van der Waals surface area contributed by atoms with Gasteiger partial charge in [-0.3, -0.25) is 4.98 Å². The largest absolute Gasteiger partial charge is 0.490 e. The fraction of sp³-hybridized carbons (Fsp3) is 0.292. The normalized spacial score (nSPS) is 12.8. The highest BCUT2D eigenvalue weighted by atomic mass is 19.1. The third-order valence-corrected chi connectivity index (χ3v) is 5.13. The topological polar surface area (TPSA) is 106 Å². The van der Waals surface area contributed by atoms with Gasteiger partial charge in [0.05, 0.1) is 23.4 Å². The number of carbonyl (C=O) groups excluding carboxylic acids is 1. The minimum Gasteiger partial charge on any atom is -0.490 e. The lowest BCUT2D eigenvalue weighted by Crippen LogP contribution is -2.30. The molecule has 1 heterocycles. The molecule has 0 atom stereocenters. The van der Waals surface area contributed by atoms with Crippen LogP contribution in [0.2, 0.25) is 0 Å². The summed E-state index contributed by atoms with van der Waals surface area (Å²) in [6.07, 6.45) is 3.78. The maximum Gasteiger partial charge on any atom is 0.319 e. The van der Waals surface area contributed by atoms with E-state index in [9.17, 15) is 14.4 Å². The summed E-state index contributed by atoms with van der Waals surface area (Å²) in [4.78, 5) is 16.2. The number of nitrogens with one attached hydrogen (secondary N) is 2. The number of methoxy groups -OCH3 is 1. The second-order valence-electron chi connectivity index (χ2n) is 7.65. The number of carbonyl (C=O) groups is 1. The lowest BCUT2D eigenvalue weighted by Gasteiger charge is -2.13. The van der Waals surface area contributed by atoms with E-state index in [-0.39, 0.29) is 11.4 Å². The standard InChI is InChI=1S/C24H23FN4O4/c1-31-8-9-32-23-12-21-18(10-16(23)13-26)22(6-7-27-21)33-17-4-5-20(19(25)11-17)29-24(30)28-14-15-2-3-15/h4-7,10-12,15H,2-3,8-9,14H2,1H3,(H2,28,29,30). The van der Waals surface area contributed by atoms with Crippen LogP contribution in [0.1, 0.15) is 18.4 Å². The van der Waals surface area contributed by atoms with E-state index >= 15 is 0 Å². The van der Waals surface area contributed by atoms with E-state index in [0.29, 0.717) is 53.6 Å². The third kappa shape index (κ3) is 5.67. The van der Waals surface area contributed by atoms with Crippen LogP contribution in [0.25, 0.3) is 10.9 Å². The smallest absolute Gasteiger partial charge is 0.319 e. The van der Waals surface area contributed by atoms with Crippen LogP contribution in [0.15, 0.2) is 42.6 Å². The Morgan fingerprint density at radius 2 is 2.06 bits per heavy atom. The summed E-state index contributed by atoms with van der Waals surface area (Å²) in [6, 6.07) is 10.8. The number of benzene rings is 2. The Balaban J connectivity index is 1.51. The third-order valence-electron chi connectivity index (χ3n) is 5.13. The van der Waals surface area contributed by atoms with Gasteiger partial charge < -0.3 is 24.8 Å². The number of pyridine rings is 1. The highest BCUT2D eigenvalue weighted by Crippen LogP contribution is 2.34. The minimum absolute atomic E-state index is 0.0554. The van der Waals surface area contributed by atoms with Crippen LogP contribution in [0.5, 0.6) is 17.2 Å². The van der Waals surface area contributed by atoms with Crippen LogP contribution >= 0.6 is 0 Å². The molecule has 0 saturated heterocycles. The molecule has 33 heavy (non-hydrogen) atoms. The molecule has 1 aliphatic rings. The molecule has 0 spiro atoms. The molecule has 1 fully saturated rings. The van der Waals surface area contributed by atoms with E-state index in [1.54, 1.807) is 37.6 Å². The number of halogens is 1. The van der Waals surface area contributed by atoms with Crippen molar-refractivity contribution in [3.8, 4) is 23.3 Å². The summed E-state index contributed by atoms with van der Waals surface area (Å²) in [5, 5.41) is 15.3. The van der Waals surface area contributed by atoms with Gasteiger partial charge in [-0.2, -0.15) is 5.26 Å². The summed E-state index contributed by atoms with van der Waals surface area (Å²) in [5.41, 5.74) is 0.934. The molecule has 4 rings (SSSR count). The second-order valence-corrected chi connectivity index (χ2v) is 7.65. The average Bonchev–Trinajstić information content (AvgIpc) is 3.64. The van der Waals surface area contributed by atoms with Crippen molar-refractivity contribution in [3.05, 3.63) is 54.0 Å². The Morgan fingerprint density at radius 1 is 1.21 bits per heavy atom. The second kappa shape index (κ2) is 10.1. The number of anilines is 1. The Kier molecular flexibility index (Phi) is 6.86. The van der Waals surface area contributed by atoms with Crippen LogP contribution in [0.3, 0.4) is 0 Å². The zero-order valence-electron chi connectivity index (χ0n) is 18.1. The fourth-order valence-corrected chi connectivity index (χ4v) is 3.19. The molecule has 2 aromatic carbocycles. The van der Waals surface area contributed by atoms with E-state index in [2.05, 4.69) is 21.7 Å². The maximum atomic E-state index is 14.6. The van der Waals surface area contributed by atoms with E-state index < -0.39 is 11.8 Å². The molecule has 170 valence electrons. The summed E-state index contributed by atoms with van der Waals surface area (Å²) in [5.74, 6) is 0.943. The van der Waals surface area contributed by atoms with Gasteiger partial charge in [-0.25, -0.2) is 9.18 Å². The van der Waals surface area contributed by atoms with E-state index in [1.165, 1.54) is 12.1 Å². The van der Waals surface area contributed by atoms with Crippen LogP contribution in [0, 0.1) is 23.1 Å². The Labute approximate surface area is 190 Å². The van der Waals surface area contributed by atoms with Crippen molar-refractivity contribution >= 4 is 22.6 Å². The maximum absolute atomic E-state index is 14.6. The summed E-state index contributed by atoms with van der Waals surface area (Å²) >= 11 is 0. The van der Waals surface area contributed by atoms with Gasteiger partial charge in [0.1, 0.15) is 35.7 Å². The number of ether oxygens (including phenoxy) is 3. The van der Waals surface area contributed by atoms with Gasteiger partial charge in [-0.05, 0) is 43.0 Å². The van der Waals surface area contributed by atoms with Crippen LogP contribution in [-0.2, 0) is 4.74 Å². The Hall–Kier alpha value is -3.90. The Morgan fingerprint density at radius 3 is 2.79 bits per heavy atom. The van der Waals surface area contributed by atoms with Crippen molar-refractivity contribution < 1.29 is 23.4 Å². The van der Waals surface area contributed by atoms with Crippen molar-refractivity contribution in [1.82, 2.24) is 10.3 Å². The molecule has 1 aliphatic carbocycles. The summed E-state index contributed by atoms with van der Waals surface area (Å²) in [7, 11) is 1.56. The molecule has 0 radical (unpaired) electrons. The fourth-order valence-electron chi connectivity index (χ4n) is 3.19. The predicted molar refractivity (Wildman–Crippen MR) is 120 cm³/mol. The molecule has 9 heteroatoms. The lowest BCUT2D eigenvalue weighted by atomic mass is 10.1. The first-order valence-corrected chi connectivity index (χ1v) is 10.5. The molecule has 1 aromatic heterocycles. The number of nitrogens with zero attached hydrogens (tertiary/aromatic N) is 2. The highest BCUT2D eigenvalue weighted by Gasteiger charge is 2.21. The van der Waals surface area contributed by atoms with Gasteiger partial charge in [0.15, 0.2) is 0 Å². The zero-order valence-corrected chi connectivity index (χ0v) is 18.1. The molecular formula is C24H23FN4O4. The molecule has 8 nitrogen and oxygen atoms in total.